The number of pyridine rings is 1. The van der Waals surface area contributed by atoms with E-state index in [9.17, 15) is 0 Å². The maximum atomic E-state index is 4.60. The highest BCUT2D eigenvalue weighted by atomic mass is 35.5. The Morgan fingerprint density at radius 3 is 2.87 bits per heavy atom. The van der Waals surface area contributed by atoms with Gasteiger partial charge in [-0.1, -0.05) is 19.1 Å². The number of hydrogen-bond donors (Lipinski definition) is 1. The van der Waals surface area contributed by atoms with Crippen molar-refractivity contribution in [2.45, 2.75) is 45.7 Å². The van der Waals surface area contributed by atoms with Crippen LogP contribution in [0, 0.1) is 6.92 Å². The molecule has 4 heteroatoms. The molecule has 2 aromatic rings. The molecular weight excluding hydrogens is 306 g/mol. The van der Waals surface area contributed by atoms with Gasteiger partial charge in [0.25, 0.3) is 0 Å². The largest absolute Gasteiger partial charge is 0.317 e. The van der Waals surface area contributed by atoms with Gasteiger partial charge in [0.1, 0.15) is 0 Å². The number of nitrogens with zero attached hydrogens (tertiary/aromatic N) is 2. The minimum absolute atomic E-state index is 0. The molecule has 1 fully saturated rings. The zero-order valence-corrected chi connectivity index (χ0v) is 15.0. The lowest BCUT2D eigenvalue weighted by molar-refractivity contribution is 0.182. The molecule has 0 radical (unpaired) electrons. The third kappa shape index (κ3) is 4.66. The molecule has 126 valence electrons. The summed E-state index contributed by atoms with van der Waals surface area (Å²) in [5, 5.41) is 4.77. The van der Waals surface area contributed by atoms with E-state index in [1.807, 2.05) is 6.92 Å². The summed E-state index contributed by atoms with van der Waals surface area (Å²) in [7, 11) is 0. The van der Waals surface area contributed by atoms with Crippen molar-refractivity contribution < 1.29 is 0 Å². The first-order valence-corrected chi connectivity index (χ1v) is 8.57. The highest BCUT2D eigenvalue weighted by Gasteiger charge is 2.18. The molecule has 23 heavy (non-hydrogen) atoms. The van der Waals surface area contributed by atoms with E-state index in [0.717, 1.165) is 30.8 Å². The van der Waals surface area contributed by atoms with Crippen LogP contribution in [-0.2, 0) is 6.54 Å². The third-order valence-electron chi connectivity index (χ3n) is 4.75. The highest BCUT2D eigenvalue weighted by Crippen LogP contribution is 2.19. The number of nitrogens with one attached hydrogen (secondary N) is 1. The molecule has 1 unspecified atom stereocenters. The molecule has 1 aromatic heterocycles. The summed E-state index contributed by atoms with van der Waals surface area (Å²) in [6.45, 7) is 8.83. The van der Waals surface area contributed by atoms with Gasteiger partial charge in [0.05, 0.1) is 5.52 Å². The molecule has 3 rings (SSSR count). The molecule has 0 spiro atoms. The van der Waals surface area contributed by atoms with Crippen molar-refractivity contribution in [3.05, 3.63) is 41.6 Å². The molecular formula is C19H28ClN3. The summed E-state index contributed by atoms with van der Waals surface area (Å²) in [6, 6.07) is 11.7. The fraction of sp³-hybridized carbons (Fsp3) is 0.526. The Morgan fingerprint density at radius 1 is 1.17 bits per heavy atom. The van der Waals surface area contributed by atoms with Crippen LogP contribution in [0.25, 0.3) is 10.9 Å². The Balaban J connectivity index is 0.00000192. The van der Waals surface area contributed by atoms with Gasteiger partial charge in [-0.3, -0.25) is 9.88 Å². The van der Waals surface area contributed by atoms with Gasteiger partial charge in [0.2, 0.25) is 0 Å². The number of aryl methyl sites for hydroxylation is 1. The average molecular weight is 334 g/mol. The smallest absolute Gasteiger partial charge is 0.0705 e. The lowest BCUT2D eigenvalue weighted by Crippen LogP contribution is -2.35. The van der Waals surface area contributed by atoms with Crippen molar-refractivity contribution >= 4 is 23.3 Å². The van der Waals surface area contributed by atoms with Crippen molar-refractivity contribution in [2.24, 2.45) is 0 Å². The molecule has 0 saturated carbocycles. The van der Waals surface area contributed by atoms with Crippen LogP contribution in [0.5, 0.6) is 0 Å². The molecule has 1 saturated heterocycles. The van der Waals surface area contributed by atoms with Crippen LogP contribution < -0.4 is 5.32 Å². The van der Waals surface area contributed by atoms with Crippen molar-refractivity contribution in [2.75, 3.05) is 19.6 Å². The second-order valence-corrected chi connectivity index (χ2v) is 6.38. The van der Waals surface area contributed by atoms with Crippen LogP contribution in [0.4, 0.5) is 0 Å². The fourth-order valence-electron chi connectivity index (χ4n) is 3.47. The number of benzene rings is 1. The summed E-state index contributed by atoms with van der Waals surface area (Å²) >= 11 is 0. The minimum Gasteiger partial charge on any atom is -0.317 e. The van der Waals surface area contributed by atoms with Gasteiger partial charge >= 0.3 is 0 Å². The molecule has 1 N–H and O–H groups in total. The first-order valence-electron chi connectivity index (χ1n) is 8.57. The van der Waals surface area contributed by atoms with Crippen molar-refractivity contribution in [1.29, 1.82) is 0 Å². The Labute approximate surface area is 145 Å². The van der Waals surface area contributed by atoms with Crippen LogP contribution in [0.15, 0.2) is 30.3 Å². The normalized spacial score (nSPS) is 18.7. The predicted molar refractivity (Wildman–Crippen MR) is 100 cm³/mol. The van der Waals surface area contributed by atoms with Gasteiger partial charge in [-0.25, -0.2) is 0 Å². The lowest BCUT2D eigenvalue weighted by Gasteiger charge is -2.30. The molecule has 2 heterocycles. The van der Waals surface area contributed by atoms with Crippen LogP contribution in [0.3, 0.4) is 0 Å². The third-order valence-corrected chi connectivity index (χ3v) is 4.75. The first kappa shape index (κ1) is 18.2. The van der Waals surface area contributed by atoms with Crippen LogP contribution >= 0.6 is 12.4 Å². The Bertz CT molecular complexity index is 621. The van der Waals surface area contributed by atoms with Gasteiger partial charge in [0.15, 0.2) is 0 Å². The van der Waals surface area contributed by atoms with E-state index >= 15 is 0 Å². The summed E-state index contributed by atoms with van der Waals surface area (Å²) in [5.41, 5.74) is 3.59. The summed E-state index contributed by atoms with van der Waals surface area (Å²) < 4.78 is 0. The van der Waals surface area contributed by atoms with E-state index < -0.39 is 0 Å². The monoisotopic (exact) mass is 333 g/mol. The molecule has 1 aliphatic heterocycles. The summed E-state index contributed by atoms with van der Waals surface area (Å²) in [4.78, 5) is 7.23. The van der Waals surface area contributed by atoms with Crippen LogP contribution in [-0.4, -0.2) is 35.6 Å². The molecule has 3 nitrogen and oxygen atoms in total. The van der Waals surface area contributed by atoms with E-state index in [1.165, 1.54) is 36.8 Å². The van der Waals surface area contributed by atoms with Gasteiger partial charge in [-0.2, -0.15) is 0 Å². The number of halogens is 1. The second-order valence-electron chi connectivity index (χ2n) is 6.38. The molecule has 0 aliphatic carbocycles. The van der Waals surface area contributed by atoms with E-state index in [0.29, 0.717) is 6.04 Å². The fourth-order valence-corrected chi connectivity index (χ4v) is 3.47. The maximum absolute atomic E-state index is 4.60. The molecule has 1 aromatic carbocycles. The van der Waals surface area contributed by atoms with Crippen molar-refractivity contribution in [3.8, 4) is 0 Å². The van der Waals surface area contributed by atoms with E-state index in [1.54, 1.807) is 0 Å². The Hall–Kier alpha value is -1.16. The minimum atomic E-state index is 0. The van der Waals surface area contributed by atoms with Gasteiger partial charge in [0, 0.05) is 23.7 Å². The first-order chi connectivity index (χ1) is 10.8. The number of rotatable bonds is 4. The quantitative estimate of drug-likeness (QED) is 0.918. The summed E-state index contributed by atoms with van der Waals surface area (Å²) in [5.74, 6) is 0. The number of aromatic nitrogens is 1. The van der Waals surface area contributed by atoms with Crippen LogP contribution in [0.1, 0.15) is 37.4 Å². The average Bonchev–Trinajstić information content (AvgIpc) is 2.82. The van der Waals surface area contributed by atoms with Gasteiger partial charge < -0.3 is 5.32 Å². The molecule has 0 amide bonds. The SMILES string of the molecule is CCN(Cc1ccc2nc(C)ccc2c1)C1CCCNCC1.Cl. The number of hydrogen-bond acceptors (Lipinski definition) is 3. The molecule has 1 aliphatic rings. The van der Waals surface area contributed by atoms with Gasteiger partial charge in [-0.15, -0.1) is 12.4 Å². The van der Waals surface area contributed by atoms with E-state index in [-0.39, 0.29) is 12.4 Å². The van der Waals surface area contributed by atoms with Crippen LogP contribution in [0.2, 0.25) is 0 Å². The van der Waals surface area contributed by atoms with Gasteiger partial charge in [-0.05, 0) is 69.6 Å². The number of fused-ring (bicyclic) bond motifs is 1. The summed E-state index contributed by atoms with van der Waals surface area (Å²) in [6.07, 6.45) is 3.87. The zero-order valence-electron chi connectivity index (χ0n) is 14.2. The Morgan fingerprint density at radius 2 is 2.04 bits per heavy atom. The second kappa shape index (κ2) is 8.62. The van der Waals surface area contributed by atoms with Crippen molar-refractivity contribution in [3.63, 3.8) is 0 Å². The lowest BCUT2D eigenvalue weighted by atomic mass is 10.1. The predicted octanol–water partition coefficient (Wildman–Crippen LogP) is 3.93. The zero-order chi connectivity index (χ0) is 15.4. The highest BCUT2D eigenvalue weighted by molar-refractivity contribution is 5.85. The Kier molecular flexibility index (Phi) is 6.82. The standard InChI is InChI=1S/C19H27N3.ClH/c1-3-22(18-5-4-11-20-12-10-18)14-16-7-9-19-17(13-16)8-6-15(2)21-19;/h6-9,13,18,20H,3-5,10-12,14H2,1-2H3;1H. The topological polar surface area (TPSA) is 28.2 Å². The van der Waals surface area contributed by atoms with Crippen molar-refractivity contribution in [1.82, 2.24) is 15.2 Å². The van der Waals surface area contributed by atoms with E-state index in [4.69, 9.17) is 0 Å². The van der Waals surface area contributed by atoms with E-state index in [2.05, 4.69) is 52.5 Å². The molecule has 0 bridgehead atoms. The maximum Gasteiger partial charge on any atom is 0.0705 e. The molecule has 1 atom stereocenters.